The highest BCUT2D eigenvalue weighted by atomic mass is 19.2. The van der Waals surface area contributed by atoms with Crippen LogP contribution in [0, 0.1) is 58.8 Å². The molecule has 3 saturated carbocycles. The molecule has 4 atom stereocenters. The fraction of sp³-hybridized carbons (Fsp3) is 0.611. The second-order valence-corrected chi connectivity index (χ2v) is 12.9. The lowest BCUT2D eigenvalue weighted by Gasteiger charge is -2.45. The van der Waals surface area contributed by atoms with E-state index in [1.54, 1.807) is 6.92 Å². The number of hydrogen-bond donors (Lipinski definition) is 0. The quantitative estimate of drug-likeness (QED) is 0.204. The fourth-order valence-corrected chi connectivity index (χ4v) is 8.11. The monoisotopic (exact) mass is 586 g/mol. The molecular formula is C36H46F4O2. The third kappa shape index (κ3) is 7.00. The van der Waals surface area contributed by atoms with E-state index in [0.717, 1.165) is 36.5 Å². The topological polar surface area (TPSA) is 18.5 Å². The molecule has 3 aliphatic carbocycles. The molecule has 42 heavy (non-hydrogen) atoms. The van der Waals surface area contributed by atoms with Crippen LogP contribution in [0.1, 0.15) is 90.9 Å². The van der Waals surface area contributed by atoms with Crippen molar-refractivity contribution < 1.29 is 27.0 Å². The molecule has 3 fully saturated rings. The van der Waals surface area contributed by atoms with E-state index in [1.165, 1.54) is 88.5 Å². The average molecular weight is 587 g/mol. The van der Waals surface area contributed by atoms with Crippen LogP contribution in [0.3, 0.4) is 0 Å². The molecule has 2 aromatic carbocycles. The van der Waals surface area contributed by atoms with Crippen LogP contribution >= 0.6 is 0 Å². The first-order chi connectivity index (χ1) is 20.4. The van der Waals surface area contributed by atoms with Crippen molar-refractivity contribution in [1.29, 1.82) is 0 Å². The van der Waals surface area contributed by atoms with Crippen molar-refractivity contribution in [2.24, 2.45) is 35.5 Å². The van der Waals surface area contributed by atoms with Gasteiger partial charge in [-0.3, -0.25) is 0 Å². The predicted octanol–water partition coefficient (Wildman–Crippen LogP) is 10.7. The van der Waals surface area contributed by atoms with Gasteiger partial charge in [-0.1, -0.05) is 25.0 Å². The molecule has 0 N–H and O–H groups in total. The van der Waals surface area contributed by atoms with Crippen molar-refractivity contribution in [3.05, 3.63) is 59.7 Å². The Labute approximate surface area is 248 Å². The Balaban J connectivity index is 1.12. The van der Waals surface area contributed by atoms with Crippen LogP contribution in [0.4, 0.5) is 17.6 Å². The maximum Gasteiger partial charge on any atom is 0.201 e. The summed E-state index contributed by atoms with van der Waals surface area (Å²) in [6.45, 7) is 4.25. The highest BCUT2D eigenvalue weighted by Crippen LogP contribution is 2.49. The zero-order valence-corrected chi connectivity index (χ0v) is 25.2. The highest BCUT2D eigenvalue weighted by molar-refractivity contribution is 5.67. The SMILES string of the molecule is CC=CCCC1CCC(C2CCC3CC(COc4ccc(-c5ccc(OCC)c(F)c5F)c(F)c4F)CCC3C2)CC1. The second-order valence-electron chi connectivity index (χ2n) is 12.9. The predicted molar refractivity (Wildman–Crippen MR) is 160 cm³/mol. The van der Waals surface area contributed by atoms with E-state index in [9.17, 15) is 17.6 Å². The standard InChI is InChI=1S/C36H46F4O2/c1-3-5-6-7-23-8-11-25(12-9-23)27-15-14-26-20-24(10-13-28(26)21-27)22-42-32-19-17-30(34(38)36(32)40)29-16-18-31(41-4-2)35(39)33(29)37/h3,5,16-19,23-28H,4,6-15,20-22H2,1-2H3. The molecule has 6 heteroatoms. The van der Waals surface area contributed by atoms with E-state index in [2.05, 4.69) is 19.1 Å². The average Bonchev–Trinajstić information content (AvgIpc) is 3.01. The Bertz CT molecular complexity index is 1220. The molecular weight excluding hydrogens is 540 g/mol. The largest absolute Gasteiger partial charge is 0.491 e. The fourth-order valence-electron chi connectivity index (χ4n) is 8.11. The van der Waals surface area contributed by atoms with Gasteiger partial charge in [0.05, 0.1) is 13.2 Å². The summed E-state index contributed by atoms with van der Waals surface area (Å²) in [4.78, 5) is 0. The van der Waals surface area contributed by atoms with Gasteiger partial charge in [0.25, 0.3) is 0 Å². The molecule has 0 aromatic heterocycles. The molecule has 4 unspecified atom stereocenters. The first kappa shape index (κ1) is 30.9. The molecule has 230 valence electrons. The number of hydrogen-bond acceptors (Lipinski definition) is 2. The van der Waals surface area contributed by atoms with Gasteiger partial charge in [-0.05, 0) is 138 Å². The molecule has 0 bridgehead atoms. The van der Waals surface area contributed by atoms with Crippen LogP contribution in [0.25, 0.3) is 11.1 Å². The third-order valence-electron chi connectivity index (χ3n) is 10.5. The van der Waals surface area contributed by atoms with Crippen LogP contribution in [-0.2, 0) is 0 Å². The Kier molecular flexibility index (Phi) is 10.5. The molecule has 0 radical (unpaired) electrons. The van der Waals surface area contributed by atoms with Crippen molar-refractivity contribution in [1.82, 2.24) is 0 Å². The van der Waals surface area contributed by atoms with Gasteiger partial charge in [0.15, 0.2) is 23.1 Å². The maximum atomic E-state index is 15.0. The van der Waals surface area contributed by atoms with Crippen LogP contribution in [0.15, 0.2) is 36.4 Å². The van der Waals surface area contributed by atoms with Gasteiger partial charge >= 0.3 is 0 Å². The summed E-state index contributed by atoms with van der Waals surface area (Å²) >= 11 is 0. The molecule has 0 saturated heterocycles. The Morgan fingerprint density at radius 2 is 1.17 bits per heavy atom. The van der Waals surface area contributed by atoms with Crippen LogP contribution in [0.2, 0.25) is 0 Å². The van der Waals surface area contributed by atoms with Crippen molar-refractivity contribution in [2.75, 3.05) is 13.2 Å². The van der Waals surface area contributed by atoms with Crippen molar-refractivity contribution in [3.63, 3.8) is 0 Å². The van der Waals surface area contributed by atoms with E-state index >= 15 is 0 Å². The summed E-state index contributed by atoms with van der Waals surface area (Å²) in [6, 6.07) is 4.99. The highest BCUT2D eigenvalue weighted by Gasteiger charge is 2.39. The maximum absolute atomic E-state index is 15.0. The minimum atomic E-state index is -1.27. The van der Waals surface area contributed by atoms with E-state index in [4.69, 9.17) is 9.47 Å². The van der Waals surface area contributed by atoms with Gasteiger partial charge in [0, 0.05) is 11.1 Å². The molecule has 2 aromatic rings. The lowest BCUT2D eigenvalue weighted by molar-refractivity contribution is 0.0479. The lowest BCUT2D eigenvalue weighted by Crippen LogP contribution is -2.35. The lowest BCUT2D eigenvalue weighted by atomic mass is 9.61. The Hall–Kier alpha value is -2.50. The Morgan fingerprint density at radius 1 is 0.643 bits per heavy atom. The summed E-state index contributed by atoms with van der Waals surface area (Å²) in [7, 11) is 0. The van der Waals surface area contributed by atoms with E-state index in [0.29, 0.717) is 18.4 Å². The zero-order chi connectivity index (χ0) is 29.6. The number of ether oxygens (including phenoxy) is 2. The first-order valence-electron chi connectivity index (χ1n) is 16.2. The first-order valence-corrected chi connectivity index (χ1v) is 16.2. The number of fused-ring (bicyclic) bond motifs is 1. The summed E-state index contributed by atoms with van der Waals surface area (Å²) in [5.41, 5.74) is -0.705. The summed E-state index contributed by atoms with van der Waals surface area (Å²) in [5, 5.41) is 0. The second kappa shape index (κ2) is 14.3. The molecule has 0 spiro atoms. The van der Waals surface area contributed by atoms with Gasteiger partial charge in [-0.15, -0.1) is 0 Å². The summed E-state index contributed by atoms with van der Waals surface area (Å²) < 4.78 is 69.8. The number of benzene rings is 2. The minimum absolute atomic E-state index is 0.159. The normalized spacial score (nSPS) is 28.0. The van der Waals surface area contributed by atoms with Gasteiger partial charge < -0.3 is 9.47 Å². The van der Waals surface area contributed by atoms with Gasteiger partial charge in [-0.2, -0.15) is 8.78 Å². The summed E-state index contributed by atoms with van der Waals surface area (Å²) in [5.74, 6) is -0.877. The van der Waals surface area contributed by atoms with Crippen molar-refractivity contribution in [3.8, 4) is 22.6 Å². The van der Waals surface area contributed by atoms with Crippen LogP contribution < -0.4 is 9.47 Å². The molecule has 0 heterocycles. The zero-order valence-electron chi connectivity index (χ0n) is 25.2. The third-order valence-corrected chi connectivity index (χ3v) is 10.5. The van der Waals surface area contributed by atoms with Gasteiger partial charge in [0.1, 0.15) is 0 Å². The molecule has 0 amide bonds. The van der Waals surface area contributed by atoms with Crippen LogP contribution in [-0.4, -0.2) is 13.2 Å². The van der Waals surface area contributed by atoms with Gasteiger partial charge in [0.2, 0.25) is 11.6 Å². The number of rotatable bonds is 10. The number of halogens is 4. The minimum Gasteiger partial charge on any atom is -0.491 e. The van der Waals surface area contributed by atoms with E-state index in [-0.39, 0.29) is 29.2 Å². The molecule has 3 aliphatic rings. The molecule has 0 aliphatic heterocycles. The van der Waals surface area contributed by atoms with E-state index in [1.807, 2.05) is 0 Å². The van der Waals surface area contributed by atoms with Crippen molar-refractivity contribution in [2.45, 2.75) is 90.9 Å². The summed E-state index contributed by atoms with van der Waals surface area (Å²) in [6.07, 6.45) is 19.9. The van der Waals surface area contributed by atoms with Gasteiger partial charge in [-0.25, -0.2) is 8.78 Å². The van der Waals surface area contributed by atoms with Crippen LogP contribution in [0.5, 0.6) is 11.5 Å². The Morgan fingerprint density at radius 3 is 1.79 bits per heavy atom. The van der Waals surface area contributed by atoms with Crippen molar-refractivity contribution >= 4 is 0 Å². The number of allylic oxidation sites excluding steroid dienone is 2. The smallest absolute Gasteiger partial charge is 0.201 e. The van der Waals surface area contributed by atoms with E-state index < -0.39 is 23.3 Å². The molecule has 5 rings (SSSR count). The molecule has 2 nitrogen and oxygen atoms in total.